The summed E-state index contributed by atoms with van der Waals surface area (Å²) >= 11 is 6.26. The summed E-state index contributed by atoms with van der Waals surface area (Å²) in [7, 11) is 0. The van der Waals surface area contributed by atoms with Crippen LogP contribution in [0.3, 0.4) is 0 Å². The first kappa shape index (κ1) is 14.1. The minimum absolute atomic E-state index is 0.0143. The molecule has 0 aromatic heterocycles. The lowest BCUT2D eigenvalue weighted by molar-refractivity contribution is 0.281. The standard InChI is InChI=1S/C14H20ClNO/c1-5-9-16(14(2,3)4)13-11(10-17)7-6-8-12(13)15/h5-8,17H,1,9-10H2,2-4H3. The van der Waals surface area contributed by atoms with Crippen molar-refractivity contribution in [2.45, 2.75) is 32.9 Å². The molecule has 1 aromatic rings. The van der Waals surface area contributed by atoms with Crippen LogP contribution in [0.25, 0.3) is 0 Å². The molecule has 0 atom stereocenters. The van der Waals surface area contributed by atoms with E-state index < -0.39 is 0 Å². The molecule has 0 amide bonds. The number of rotatable bonds is 4. The molecule has 1 aromatic carbocycles. The monoisotopic (exact) mass is 253 g/mol. The van der Waals surface area contributed by atoms with Crippen LogP contribution in [0, 0.1) is 0 Å². The molecule has 0 radical (unpaired) electrons. The molecule has 17 heavy (non-hydrogen) atoms. The van der Waals surface area contributed by atoms with E-state index in [4.69, 9.17) is 11.6 Å². The summed E-state index contributed by atoms with van der Waals surface area (Å²) in [5.41, 5.74) is 1.65. The number of para-hydroxylation sites is 1. The molecule has 94 valence electrons. The fraction of sp³-hybridized carbons (Fsp3) is 0.429. The average Bonchev–Trinajstić information content (AvgIpc) is 2.25. The lowest BCUT2D eigenvalue weighted by atomic mass is 10.0. The van der Waals surface area contributed by atoms with Crippen molar-refractivity contribution >= 4 is 17.3 Å². The summed E-state index contributed by atoms with van der Waals surface area (Å²) < 4.78 is 0. The number of aliphatic hydroxyl groups is 1. The molecule has 0 fully saturated rings. The van der Waals surface area contributed by atoms with E-state index in [0.717, 1.165) is 11.3 Å². The van der Waals surface area contributed by atoms with Crippen molar-refractivity contribution < 1.29 is 5.11 Å². The highest BCUT2D eigenvalue weighted by atomic mass is 35.5. The molecule has 1 N–H and O–H groups in total. The second kappa shape index (κ2) is 5.56. The first-order valence-electron chi connectivity index (χ1n) is 5.68. The van der Waals surface area contributed by atoms with Crippen LogP contribution < -0.4 is 4.90 Å². The van der Waals surface area contributed by atoms with Crippen molar-refractivity contribution in [3.63, 3.8) is 0 Å². The predicted molar refractivity (Wildman–Crippen MR) is 74.7 cm³/mol. The molecule has 0 saturated carbocycles. The van der Waals surface area contributed by atoms with Crippen molar-refractivity contribution in [2.75, 3.05) is 11.4 Å². The molecule has 0 aliphatic carbocycles. The summed E-state index contributed by atoms with van der Waals surface area (Å²) in [4.78, 5) is 2.15. The van der Waals surface area contributed by atoms with Crippen LogP contribution in [0.5, 0.6) is 0 Å². The second-order valence-corrected chi connectivity index (χ2v) is 5.38. The van der Waals surface area contributed by atoms with Gasteiger partial charge in [0.05, 0.1) is 17.3 Å². The van der Waals surface area contributed by atoms with Gasteiger partial charge < -0.3 is 10.0 Å². The van der Waals surface area contributed by atoms with Crippen molar-refractivity contribution in [2.24, 2.45) is 0 Å². The lowest BCUT2D eigenvalue weighted by Gasteiger charge is -2.38. The molecular weight excluding hydrogens is 234 g/mol. The summed E-state index contributed by atoms with van der Waals surface area (Å²) in [6.45, 7) is 10.8. The quantitative estimate of drug-likeness (QED) is 0.829. The van der Waals surface area contributed by atoms with Crippen molar-refractivity contribution in [3.8, 4) is 0 Å². The minimum atomic E-state index is -0.0803. The van der Waals surface area contributed by atoms with Gasteiger partial charge in [0, 0.05) is 17.6 Å². The molecule has 0 heterocycles. The summed E-state index contributed by atoms with van der Waals surface area (Å²) in [6.07, 6.45) is 1.84. The number of hydrogen-bond donors (Lipinski definition) is 1. The highest BCUT2D eigenvalue weighted by Gasteiger charge is 2.24. The van der Waals surface area contributed by atoms with Gasteiger partial charge >= 0.3 is 0 Å². The van der Waals surface area contributed by atoms with Gasteiger partial charge in [-0.05, 0) is 26.8 Å². The number of anilines is 1. The Bertz CT molecular complexity index is 396. The molecule has 0 bridgehead atoms. The van der Waals surface area contributed by atoms with Gasteiger partial charge in [-0.1, -0.05) is 29.8 Å². The van der Waals surface area contributed by atoms with Crippen LogP contribution in [-0.2, 0) is 6.61 Å². The number of nitrogens with zero attached hydrogens (tertiary/aromatic N) is 1. The average molecular weight is 254 g/mol. The summed E-state index contributed by atoms with van der Waals surface area (Å²) in [6, 6.07) is 5.59. The van der Waals surface area contributed by atoms with Crippen LogP contribution in [0.2, 0.25) is 5.02 Å². The van der Waals surface area contributed by atoms with Gasteiger partial charge in [-0.15, -0.1) is 6.58 Å². The molecule has 1 rings (SSSR count). The van der Waals surface area contributed by atoms with Gasteiger partial charge in [0.15, 0.2) is 0 Å². The number of aliphatic hydroxyl groups excluding tert-OH is 1. The molecule has 0 spiro atoms. The van der Waals surface area contributed by atoms with Crippen molar-refractivity contribution in [1.82, 2.24) is 0 Å². The Morgan fingerprint density at radius 2 is 2.06 bits per heavy atom. The summed E-state index contributed by atoms with van der Waals surface area (Å²) in [5.74, 6) is 0. The topological polar surface area (TPSA) is 23.5 Å². The highest BCUT2D eigenvalue weighted by Crippen LogP contribution is 2.34. The van der Waals surface area contributed by atoms with Crippen LogP contribution >= 0.6 is 11.6 Å². The Morgan fingerprint density at radius 1 is 1.41 bits per heavy atom. The van der Waals surface area contributed by atoms with E-state index in [1.54, 1.807) is 0 Å². The van der Waals surface area contributed by atoms with E-state index in [0.29, 0.717) is 11.6 Å². The third-order valence-corrected chi connectivity index (χ3v) is 2.94. The van der Waals surface area contributed by atoms with Crippen LogP contribution in [0.1, 0.15) is 26.3 Å². The van der Waals surface area contributed by atoms with Gasteiger partial charge in [0.2, 0.25) is 0 Å². The van der Waals surface area contributed by atoms with Crippen LogP contribution in [0.15, 0.2) is 30.9 Å². The Morgan fingerprint density at radius 3 is 2.53 bits per heavy atom. The Labute approximate surface area is 109 Å². The van der Waals surface area contributed by atoms with Gasteiger partial charge in [0.1, 0.15) is 0 Å². The fourth-order valence-corrected chi connectivity index (χ4v) is 2.12. The number of hydrogen-bond acceptors (Lipinski definition) is 2. The SMILES string of the molecule is C=CCN(c1c(Cl)cccc1CO)C(C)(C)C. The predicted octanol–water partition coefficient (Wildman–Crippen LogP) is 3.62. The molecule has 2 nitrogen and oxygen atoms in total. The van der Waals surface area contributed by atoms with Gasteiger partial charge in [-0.25, -0.2) is 0 Å². The maximum atomic E-state index is 9.41. The zero-order valence-corrected chi connectivity index (χ0v) is 11.5. The first-order chi connectivity index (χ1) is 7.91. The molecule has 0 aliphatic heterocycles. The fourth-order valence-electron chi connectivity index (χ4n) is 1.82. The normalized spacial score (nSPS) is 11.4. The highest BCUT2D eigenvalue weighted by molar-refractivity contribution is 6.33. The maximum absolute atomic E-state index is 9.41. The zero-order chi connectivity index (χ0) is 13.1. The Kier molecular flexibility index (Phi) is 4.61. The second-order valence-electron chi connectivity index (χ2n) is 4.98. The zero-order valence-electron chi connectivity index (χ0n) is 10.7. The summed E-state index contributed by atoms with van der Waals surface area (Å²) in [5, 5.41) is 10.1. The smallest absolute Gasteiger partial charge is 0.0702 e. The van der Waals surface area contributed by atoms with E-state index in [-0.39, 0.29) is 12.1 Å². The van der Waals surface area contributed by atoms with Gasteiger partial charge in [-0.2, -0.15) is 0 Å². The van der Waals surface area contributed by atoms with E-state index in [1.165, 1.54) is 0 Å². The van der Waals surface area contributed by atoms with Crippen molar-refractivity contribution in [3.05, 3.63) is 41.4 Å². The van der Waals surface area contributed by atoms with Crippen molar-refractivity contribution in [1.29, 1.82) is 0 Å². The van der Waals surface area contributed by atoms with E-state index in [9.17, 15) is 5.11 Å². The molecule has 0 aliphatic rings. The molecular formula is C14H20ClNO. The lowest BCUT2D eigenvalue weighted by Crippen LogP contribution is -2.42. The van der Waals surface area contributed by atoms with E-state index in [2.05, 4.69) is 32.3 Å². The van der Waals surface area contributed by atoms with Gasteiger partial charge in [0.25, 0.3) is 0 Å². The van der Waals surface area contributed by atoms with Gasteiger partial charge in [-0.3, -0.25) is 0 Å². The number of benzene rings is 1. The first-order valence-corrected chi connectivity index (χ1v) is 6.06. The third kappa shape index (κ3) is 3.24. The molecule has 3 heteroatoms. The van der Waals surface area contributed by atoms with E-state index in [1.807, 2.05) is 24.3 Å². The van der Waals surface area contributed by atoms with Crippen LogP contribution in [0.4, 0.5) is 5.69 Å². The molecule has 0 unspecified atom stereocenters. The number of halogens is 1. The minimum Gasteiger partial charge on any atom is -0.392 e. The maximum Gasteiger partial charge on any atom is 0.0702 e. The molecule has 0 saturated heterocycles. The largest absolute Gasteiger partial charge is 0.392 e. The Balaban J connectivity index is 3.31. The third-order valence-electron chi connectivity index (χ3n) is 2.63. The Hall–Kier alpha value is -0.990. The van der Waals surface area contributed by atoms with Crippen LogP contribution in [-0.4, -0.2) is 17.2 Å². The van der Waals surface area contributed by atoms with E-state index >= 15 is 0 Å².